The maximum atomic E-state index is 12.9. The van der Waals surface area contributed by atoms with Crippen LogP contribution in [-0.2, 0) is 13.0 Å². The number of terminal acetylenes is 1. The van der Waals surface area contributed by atoms with E-state index in [9.17, 15) is 8.78 Å². The number of hydrogen-bond donors (Lipinski definition) is 0. The van der Waals surface area contributed by atoms with Crippen LogP contribution in [0, 0.1) is 71.5 Å². The highest BCUT2D eigenvalue weighted by Crippen LogP contribution is 2.33. The molecule has 0 aromatic heterocycles. The lowest BCUT2D eigenvalue weighted by Gasteiger charge is -2.31. The standard InChI is InChI=1S/C19H18.C18H17N.C11H16F2.C5H8/c2*1-14(2)19-13-17-9-4-3-7-15(17)11-12-16-8-5-6-10-18(16)19;1-9(2)10-5-3-4-7-11(12,13)8-6-10;1-4-5(2)3/h3-10,14,19H,13H2,1-2H3;3-10,14H,13H2,1-2H3;9-10H,3,5-6,8H2,1-2H3;1,5H,2-3H3. The first-order chi connectivity index (χ1) is 26.8. The van der Waals surface area contributed by atoms with Crippen molar-refractivity contribution in [1.82, 2.24) is 0 Å². The molecule has 3 aliphatic rings. The van der Waals surface area contributed by atoms with Crippen LogP contribution in [0.4, 0.5) is 14.5 Å². The van der Waals surface area contributed by atoms with Gasteiger partial charge in [-0.2, -0.15) is 8.78 Å². The van der Waals surface area contributed by atoms with Crippen molar-refractivity contribution in [2.24, 2.45) is 23.7 Å². The molecule has 0 saturated heterocycles. The number of nitrogens with zero attached hydrogens (tertiary/aromatic N) is 1. The zero-order valence-corrected chi connectivity index (χ0v) is 34.7. The summed E-state index contributed by atoms with van der Waals surface area (Å²) in [4.78, 5) is 2.42. The normalized spacial score (nSPS) is 17.1. The maximum Gasteiger partial charge on any atom is 0.308 e. The van der Waals surface area contributed by atoms with E-state index in [1.165, 1.54) is 33.5 Å². The number of para-hydroxylation sites is 1. The fourth-order valence-electron chi connectivity index (χ4n) is 6.99. The Morgan fingerprint density at radius 2 is 1.18 bits per heavy atom. The van der Waals surface area contributed by atoms with E-state index in [4.69, 9.17) is 6.42 Å². The summed E-state index contributed by atoms with van der Waals surface area (Å²) in [5.41, 5.74) is 9.95. The zero-order valence-electron chi connectivity index (χ0n) is 34.7. The monoisotopic (exact) mass is 747 g/mol. The molecule has 1 heterocycles. The number of alkyl halides is 2. The average molecular weight is 748 g/mol. The van der Waals surface area contributed by atoms with E-state index in [2.05, 4.69) is 179 Å². The van der Waals surface area contributed by atoms with E-state index >= 15 is 0 Å². The largest absolute Gasteiger partial charge is 0.364 e. The fraction of sp³-hybridized carbons (Fsp3) is 0.396. The van der Waals surface area contributed by atoms with Crippen LogP contribution in [0.5, 0.6) is 0 Å². The molecule has 1 aliphatic heterocycles. The summed E-state index contributed by atoms with van der Waals surface area (Å²) in [6.45, 7) is 18.1. The SMILES string of the molecule is C#CC(C)C.CC(C)C1CCC#CC(F)(F)CC1.CC(C)C1Cc2ccccc2C#Cc2ccccc21.CC(C)N1Cc2ccccc2C#Cc2ccccc21. The van der Waals surface area contributed by atoms with Crippen molar-refractivity contribution in [3.05, 3.63) is 136 Å². The predicted octanol–water partition coefficient (Wildman–Crippen LogP) is 12.9. The molecule has 0 spiro atoms. The molecule has 2 aliphatic carbocycles. The molecule has 0 fully saturated rings. The Morgan fingerprint density at radius 1 is 0.661 bits per heavy atom. The van der Waals surface area contributed by atoms with E-state index in [0.29, 0.717) is 48.5 Å². The smallest absolute Gasteiger partial charge is 0.308 e. The minimum atomic E-state index is -2.74. The highest BCUT2D eigenvalue weighted by atomic mass is 19.3. The first kappa shape index (κ1) is 43.5. The lowest BCUT2D eigenvalue weighted by atomic mass is 9.79. The van der Waals surface area contributed by atoms with Gasteiger partial charge in [0.2, 0.25) is 0 Å². The van der Waals surface area contributed by atoms with Crippen molar-refractivity contribution in [3.63, 3.8) is 0 Å². The number of rotatable bonds is 3. The zero-order chi connectivity index (χ0) is 40.7. The van der Waals surface area contributed by atoms with Crippen molar-refractivity contribution in [3.8, 4) is 47.9 Å². The second-order valence-corrected chi connectivity index (χ2v) is 16.1. The van der Waals surface area contributed by atoms with E-state index in [-0.39, 0.29) is 6.42 Å². The summed E-state index contributed by atoms with van der Waals surface area (Å²) >= 11 is 0. The number of benzene rings is 4. The third-order valence-corrected chi connectivity index (χ3v) is 10.5. The van der Waals surface area contributed by atoms with E-state index in [1.807, 2.05) is 19.8 Å². The van der Waals surface area contributed by atoms with Crippen molar-refractivity contribution in [2.75, 3.05) is 4.90 Å². The molecule has 2 atom stereocenters. The first-order valence-electron chi connectivity index (χ1n) is 20.3. The van der Waals surface area contributed by atoms with Gasteiger partial charge in [-0.15, -0.1) is 12.3 Å². The van der Waals surface area contributed by atoms with E-state index in [0.717, 1.165) is 30.5 Å². The summed E-state index contributed by atoms with van der Waals surface area (Å²) in [5.74, 6) is 20.2. The van der Waals surface area contributed by atoms with Gasteiger partial charge in [0.25, 0.3) is 0 Å². The van der Waals surface area contributed by atoms with Crippen molar-refractivity contribution in [1.29, 1.82) is 0 Å². The predicted molar refractivity (Wildman–Crippen MR) is 234 cm³/mol. The molecule has 290 valence electrons. The Hall–Kier alpha value is -5.22. The third kappa shape index (κ3) is 12.9. The topological polar surface area (TPSA) is 3.24 Å². The molecule has 0 bridgehead atoms. The molecule has 4 aromatic carbocycles. The van der Waals surface area contributed by atoms with E-state index < -0.39 is 5.92 Å². The highest BCUT2D eigenvalue weighted by Gasteiger charge is 2.29. The quantitative estimate of drug-likeness (QED) is 0.189. The average Bonchev–Trinajstić information content (AvgIpc) is 3.16. The fourth-order valence-corrected chi connectivity index (χ4v) is 6.99. The molecule has 7 rings (SSSR count). The summed E-state index contributed by atoms with van der Waals surface area (Å²) in [7, 11) is 0. The maximum absolute atomic E-state index is 12.9. The summed E-state index contributed by atoms with van der Waals surface area (Å²) in [6.07, 6.45) is 8.14. The highest BCUT2D eigenvalue weighted by molar-refractivity contribution is 5.64. The lowest BCUT2D eigenvalue weighted by Crippen LogP contribution is -2.31. The second-order valence-electron chi connectivity index (χ2n) is 16.1. The van der Waals surface area contributed by atoms with Crippen LogP contribution < -0.4 is 4.90 Å². The van der Waals surface area contributed by atoms with Crippen molar-refractivity contribution >= 4 is 5.69 Å². The van der Waals surface area contributed by atoms with Gasteiger partial charge in [-0.1, -0.05) is 138 Å². The number of hydrogen-bond acceptors (Lipinski definition) is 1. The molecule has 2 unspecified atom stereocenters. The third-order valence-electron chi connectivity index (χ3n) is 10.5. The molecule has 4 aromatic rings. The van der Waals surface area contributed by atoms with Gasteiger partial charge in [-0.25, -0.2) is 0 Å². The Kier molecular flexibility index (Phi) is 16.5. The molecule has 56 heavy (non-hydrogen) atoms. The van der Waals surface area contributed by atoms with Crippen LogP contribution in [0.2, 0.25) is 0 Å². The van der Waals surface area contributed by atoms with Gasteiger partial charge in [0.05, 0.1) is 5.69 Å². The molecule has 0 radical (unpaired) electrons. The molecule has 3 heteroatoms. The Balaban J connectivity index is 0.000000179. The number of anilines is 1. The van der Waals surface area contributed by atoms with Gasteiger partial charge in [0.15, 0.2) is 0 Å². The Morgan fingerprint density at radius 3 is 1.79 bits per heavy atom. The van der Waals surface area contributed by atoms with Crippen LogP contribution in [0.25, 0.3) is 0 Å². The molecule has 0 amide bonds. The molecular formula is C53H59F2N. The van der Waals surface area contributed by atoms with Gasteiger partial charge in [-0.05, 0) is 110 Å². The van der Waals surface area contributed by atoms with Gasteiger partial charge < -0.3 is 4.90 Å². The molecule has 1 nitrogen and oxygen atoms in total. The van der Waals surface area contributed by atoms with Crippen LogP contribution in [0.3, 0.4) is 0 Å². The molecule has 0 N–H and O–H groups in total. The van der Waals surface area contributed by atoms with Crippen LogP contribution in [0.15, 0.2) is 97.1 Å². The van der Waals surface area contributed by atoms with Gasteiger partial charge in [-0.3, -0.25) is 0 Å². The summed E-state index contributed by atoms with van der Waals surface area (Å²) < 4.78 is 25.8. The van der Waals surface area contributed by atoms with E-state index in [1.54, 1.807) is 0 Å². The minimum Gasteiger partial charge on any atom is -0.364 e. The molecular weight excluding hydrogens is 689 g/mol. The lowest BCUT2D eigenvalue weighted by molar-refractivity contribution is 0.0446. The Bertz CT molecular complexity index is 1990. The van der Waals surface area contributed by atoms with Gasteiger partial charge >= 0.3 is 5.92 Å². The number of halogens is 2. The first-order valence-corrected chi connectivity index (χ1v) is 20.3. The number of fused-ring (bicyclic) bond motifs is 4. The van der Waals surface area contributed by atoms with Crippen molar-refractivity contribution in [2.45, 2.75) is 112 Å². The van der Waals surface area contributed by atoms with Crippen molar-refractivity contribution < 1.29 is 8.78 Å². The summed E-state index contributed by atoms with van der Waals surface area (Å²) in [5, 5.41) is 0. The Labute approximate surface area is 337 Å². The van der Waals surface area contributed by atoms with Gasteiger partial charge in [0, 0.05) is 53.6 Å². The van der Waals surface area contributed by atoms with Crippen LogP contribution in [0.1, 0.15) is 126 Å². The second kappa shape index (κ2) is 21.2. The van der Waals surface area contributed by atoms with Gasteiger partial charge in [0.1, 0.15) is 0 Å². The minimum absolute atomic E-state index is 0.0666. The summed E-state index contributed by atoms with van der Waals surface area (Å²) in [6, 6.07) is 34.4. The van der Waals surface area contributed by atoms with Crippen LogP contribution in [-0.4, -0.2) is 12.0 Å². The van der Waals surface area contributed by atoms with Crippen LogP contribution >= 0.6 is 0 Å². The molecule has 0 saturated carbocycles.